The highest BCUT2D eigenvalue weighted by Gasteiger charge is 1.94. The molecule has 0 aromatic carbocycles. The van der Waals surface area contributed by atoms with Crippen molar-refractivity contribution >= 4 is 11.9 Å². The van der Waals surface area contributed by atoms with Gasteiger partial charge in [0, 0.05) is 0 Å². The van der Waals surface area contributed by atoms with Gasteiger partial charge in [0.2, 0.25) is 0 Å². The maximum Gasteiger partial charge on any atom is 0.562 e. The number of hydrogen-bond acceptors (Lipinski definition) is 8. The molecule has 6 N–H and O–H groups in total. The van der Waals surface area contributed by atoms with Crippen LogP contribution in [0, 0.1) is 0 Å². The van der Waals surface area contributed by atoms with Gasteiger partial charge in [0.15, 0.2) is 0 Å². The van der Waals surface area contributed by atoms with Gasteiger partial charge in [-0.05, 0) is 5.16 Å². The molecule has 0 aliphatic heterocycles. The average molecular weight is 174 g/mol. The summed E-state index contributed by atoms with van der Waals surface area (Å²) in [6.07, 6.45) is 0. The molecule has 0 aliphatic rings. The van der Waals surface area contributed by atoms with E-state index in [1.807, 2.05) is 0 Å². The number of nitrogens with two attached hydrogens (primary N) is 3. The molecular formula is C3H6N6O3. The predicted octanol–water partition coefficient (Wildman–Crippen LogP) is -2.17. The first kappa shape index (κ1) is 7.91. The Labute approximate surface area is 65.0 Å². The molecule has 9 nitrogen and oxygen atoms in total. The number of aromatic nitrogens is 3. The zero-order chi connectivity index (χ0) is 9.14. The third kappa shape index (κ3) is 1.65. The van der Waals surface area contributed by atoms with Gasteiger partial charge in [-0.3, -0.25) is 9.05 Å². The lowest BCUT2D eigenvalue weighted by molar-refractivity contribution is 0.177. The van der Waals surface area contributed by atoms with Crippen molar-refractivity contribution in [2.24, 2.45) is 0 Å². The Bertz CT molecular complexity index is 372. The maximum absolute atomic E-state index is 10.5. The lowest BCUT2D eigenvalue weighted by atomic mass is 11.0. The van der Waals surface area contributed by atoms with Gasteiger partial charge < -0.3 is 17.3 Å². The van der Waals surface area contributed by atoms with Crippen molar-refractivity contribution in [3.05, 3.63) is 10.6 Å². The van der Waals surface area contributed by atoms with Crippen molar-refractivity contribution in [2.45, 2.75) is 0 Å². The topological polar surface area (TPSA) is 152 Å². The molecule has 0 bridgehead atoms. The molecule has 0 unspecified atom stereocenters. The van der Waals surface area contributed by atoms with Crippen LogP contribution < -0.4 is 23.1 Å². The molecule has 0 saturated heterocycles. The van der Waals surface area contributed by atoms with Crippen LogP contribution >= 0.6 is 0 Å². The van der Waals surface area contributed by atoms with Gasteiger partial charge in [-0.1, -0.05) is 4.85 Å². The van der Waals surface area contributed by atoms with Crippen molar-refractivity contribution in [3.63, 3.8) is 0 Å². The summed E-state index contributed by atoms with van der Waals surface area (Å²) >= 11 is 0. The molecule has 0 fully saturated rings. The third-order valence-corrected chi connectivity index (χ3v) is 0.841. The van der Waals surface area contributed by atoms with Gasteiger partial charge >= 0.3 is 5.82 Å². The van der Waals surface area contributed by atoms with E-state index in [0.717, 1.165) is 0 Å². The molecule has 0 radical (unpaired) electrons. The van der Waals surface area contributed by atoms with Gasteiger partial charge in [-0.2, -0.15) is 9.78 Å². The second-order valence-electron chi connectivity index (χ2n) is 1.68. The quantitative estimate of drug-likeness (QED) is 0.375. The van der Waals surface area contributed by atoms with E-state index >= 15 is 0 Å². The largest absolute Gasteiger partial charge is 0.562 e. The van der Waals surface area contributed by atoms with Crippen LogP contribution in [0.5, 0.6) is 0 Å². The summed E-state index contributed by atoms with van der Waals surface area (Å²) in [5.74, 6) is 3.24. The van der Waals surface area contributed by atoms with Crippen LogP contribution in [0.25, 0.3) is 0 Å². The molecule has 66 valence electrons. The highest BCUT2D eigenvalue weighted by atomic mass is 16.6. The molecular weight excluding hydrogens is 168 g/mol. The number of rotatable bonds is 0. The first-order chi connectivity index (χ1) is 5.59. The third-order valence-electron chi connectivity index (χ3n) is 0.841. The van der Waals surface area contributed by atoms with Gasteiger partial charge in [0.1, 0.15) is 0 Å². The fourth-order valence-corrected chi connectivity index (χ4v) is 0.415. The number of hydrogen-bond donors (Lipinski definition) is 3. The fraction of sp³-hybridized carbons (Fsp3) is 0. The molecule has 0 spiro atoms. The van der Waals surface area contributed by atoms with Crippen LogP contribution in [0.4, 0.5) is 11.9 Å². The van der Waals surface area contributed by atoms with Crippen LogP contribution in [0.2, 0.25) is 0 Å². The minimum Gasteiger partial charge on any atom is -0.365 e. The van der Waals surface area contributed by atoms with E-state index in [1.165, 1.54) is 0 Å². The molecule has 0 amide bonds. The molecule has 1 rings (SSSR count). The maximum atomic E-state index is 10.5. The molecule has 9 heteroatoms. The number of nitrogen functional groups attached to an aromatic ring is 3. The summed E-state index contributed by atoms with van der Waals surface area (Å²) in [4.78, 5) is 14.3. The smallest absolute Gasteiger partial charge is 0.365 e. The van der Waals surface area contributed by atoms with Crippen molar-refractivity contribution in [1.82, 2.24) is 15.0 Å². The monoisotopic (exact) mass is 174 g/mol. The van der Waals surface area contributed by atoms with Gasteiger partial charge in [-0.25, -0.2) is 0 Å². The SMILES string of the molecule is Nc1noc(=O)on(N)c(N)n1. The van der Waals surface area contributed by atoms with Gasteiger partial charge in [0.25, 0.3) is 11.9 Å². The van der Waals surface area contributed by atoms with E-state index in [1.54, 1.807) is 0 Å². The summed E-state index contributed by atoms with van der Waals surface area (Å²) < 4.78 is 8.21. The number of nitrogens with zero attached hydrogens (tertiary/aromatic N) is 3. The van der Waals surface area contributed by atoms with Crippen LogP contribution in [-0.4, -0.2) is 15.0 Å². The Kier molecular flexibility index (Phi) is 1.86. The van der Waals surface area contributed by atoms with Crippen LogP contribution in [0.3, 0.4) is 0 Å². The van der Waals surface area contributed by atoms with Crippen molar-refractivity contribution in [3.8, 4) is 0 Å². The van der Waals surface area contributed by atoms with Crippen molar-refractivity contribution < 1.29 is 9.05 Å². The molecule has 1 aromatic heterocycles. The highest BCUT2D eigenvalue weighted by molar-refractivity contribution is 5.20. The van der Waals surface area contributed by atoms with Crippen molar-refractivity contribution in [2.75, 3.05) is 17.3 Å². The normalized spacial score (nSPS) is 9.33. The zero-order valence-corrected chi connectivity index (χ0v) is 5.80. The lowest BCUT2D eigenvalue weighted by Crippen LogP contribution is -2.18. The van der Waals surface area contributed by atoms with Gasteiger partial charge in [0.05, 0.1) is 0 Å². The molecule has 1 aromatic rings. The standard InChI is InChI=1S/C3H6N6O3/c4-1-7-2(5)9(6)12-3(10)11-8-1/h6H2,(H4,4,5,7,8). The Morgan fingerprint density at radius 1 is 1.42 bits per heavy atom. The Morgan fingerprint density at radius 2 is 2.08 bits per heavy atom. The molecule has 0 saturated carbocycles. The van der Waals surface area contributed by atoms with E-state index in [4.69, 9.17) is 17.3 Å². The summed E-state index contributed by atoms with van der Waals surface area (Å²) in [6, 6.07) is 0. The molecule has 0 atom stereocenters. The molecule has 1 heterocycles. The number of anilines is 2. The van der Waals surface area contributed by atoms with Gasteiger partial charge in [-0.15, -0.1) is 0 Å². The summed E-state index contributed by atoms with van der Waals surface area (Å²) in [6.45, 7) is 0. The summed E-state index contributed by atoms with van der Waals surface area (Å²) in [7, 11) is 0. The molecule has 0 aliphatic carbocycles. The minimum atomic E-state index is -1.15. The lowest BCUT2D eigenvalue weighted by Gasteiger charge is -1.94. The van der Waals surface area contributed by atoms with E-state index in [9.17, 15) is 4.79 Å². The fourth-order valence-electron chi connectivity index (χ4n) is 0.415. The van der Waals surface area contributed by atoms with E-state index < -0.39 is 5.82 Å². The molecule has 12 heavy (non-hydrogen) atoms. The van der Waals surface area contributed by atoms with Crippen LogP contribution in [0.15, 0.2) is 13.8 Å². The van der Waals surface area contributed by atoms with Crippen LogP contribution in [0.1, 0.15) is 0 Å². The van der Waals surface area contributed by atoms with E-state index in [0.29, 0.717) is 4.85 Å². The predicted molar refractivity (Wildman–Crippen MR) is 37.4 cm³/mol. The summed E-state index contributed by atoms with van der Waals surface area (Å²) in [5.41, 5.74) is 10.2. The Hall–Kier alpha value is -2.19. The van der Waals surface area contributed by atoms with Crippen molar-refractivity contribution in [1.29, 1.82) is 0 Å². The van der Waals surface area contributed by atoms with Crippen LogP contribution in [-0.2, 0) is 0 Å². The average Bonchev–Trinajstić information content (AvgIpc) is 1.99. The second kappa shape index (κ2) is 2.82. The summed E-state index contributed by atoms with van der Waals surface area (Å²) in [5, 5.41) is 3.02. The Balaban J connectivity index is 3.52. The first-order valence-electron chi connectivity index (χ1n) is 2.71. The Morgan fingerprint density at radius 3 is 2.75 bits per heavy atom. The second-order valence-corrected chi connectivity index (χ2v) is 1.68. The highest BCUT2D eigenvalue weighted by Crippen LogP contribution is 1.88. The van der Waals surface area contributed by atoms with E-state index in [2.05, 4.69) is 19.2 Å². The zero-order valence-electron chi connectivity index (χ0n) is 5.80. The minimum absolute atomic E-state index is 0.312. The van der Waals surface area contributed by atoms with E-state index in [-0.39, 0.29) is 11.9 Å². The first-order valence-corrected chi connectivity index (χ1v) is 2.71.